The molecular formula is C29H40N4. The number of unbranched alkanes of at least 4 members (excludes halogenated alkanes) is 1. The van der Waals surface area contributed by atoms with Gasteiger partial charge in [0.05, 0.1) is 11.2 Å². The van der Waals surface area contributed by atoms with Crippen LogP contribution >= 0.6 is 0 Å². The number of rotatable bonds is 8. The Labute approximate surface area is 200 Å². The minimum Gasteiger partial charge on any atom is -0.394 e. The van der Waals surface area contributed by atoms with Crippen molar-refractivity contribution in [3.05, 3.63) is 66.9 Å². The number of nitrogens with zero attached hydrogens (tertiary/aromatic N) is 3. The van der Waals surface area contributed by atoms with Gasteiger partial charge in [0.2, 0.25) is 0 Å². The average Bonchev–Trinajstić information content (AvgIpc) is 3.41. The van der Waals surface area contributed by atoms with Gasteiger partial charge in [-0.1, -0.05) is 51.1 Å². The van der Waals surface area contributed by atoms with Gasteiger partial charge in [0, 0.05) is 56.1 Å². The van der Waals surface area contributed by atoms with Gasteiger partial charge in [-0.15, -0.1) is 0 Å². The lowest BCUT2D eigenvalue weighted by Crippen LogP contribution is -2.18. The summed E-state index contributed by atoms with van der Waals surface area (Å²) in [5.74, 6) is 0. The highest BCUT2D eigenvalue weighted by Gasteiger charge is 2.17. The number of pyridine rings is 1. The number of benzene rings is 2. The van der Waals surface area contributed by atoms with Gasteiger partial charge >= 0.3 is 0 Å². The smallest absolute Gasteiger partial charge is 0.0733 e. The van der Waals surface area contributed by atoms with E-state index in [1.165, 1.54) is 53.6 Å². The lowest BCUT2D eigenvalue weighted by Gasteiger charge is -2.22. The highest BCUT2D eigenvalue weighted by molar-refractivity contribution is 5.94. The van der Waals surface area contributed by atoms with Gasteiger partial charge < -0.3 is 15.1 Å². The number of fused-ring (bicyclic) bond motifs is 1. The van der Waals surface area contributed by atoms with Crippen LogP contribution in [-0.4, -0.2) is 38.7 Å². The molecule has 1 aliphatic rings. The van der Waals surface area contributed by atoms with E-state index in [1.807, 2.05) is 7.05 Å². The molecule has 1 aliphatic heterocycles. The molecule has 4 nitrogen and oxygen atoms in total. The van der Waals surface area contributed by atoms with Crippen molar-refractivity contribution in [2.24, 2.45) is 0 Å². The van der Waals surface area contributed by atoms with E-state index in [4.69, 9.17) is 4.98 Å². The van der Waals surface area contributed by atoms with Crippen LogP contribution in [0.25, 0.3) is 22.2 Å². The summed E-state index contributed by atoms with van der Waals surface area (Å²) in [6.45, 7) is 11.2. The van der Waals surface area contributed by atoms with E-state index in [9.17, 15) is 0 Å². The molecule has 0 atom stereocenters. The van der Waals surface area contributed by atoms with Gasteiger partial charge in [0.15, 0.2) is 0 Å². The summed E-state index contributed by atoms with van der Waals surface area (Å²) in [4.78, 5) is 9.94. The zero-order valence-electron chi connectivity index (χ0n) is 20.9. The summed E-state index contributed by atoms with van der Waals surface area (Å²) < 4.78 is 0. The number of aromatic nitrogens is 1. The Morgan fingerprint density at radius 3 is 2.36 bits per heavy atom. The summed E-state index contributed by atoms with van der Waals surface area (Å²) in [5.41, 5.74) is 7.36. The second-order valence-electron chi connectivity index (χ2n) is 8.74. The lowest BCUT2D eigenvalue weighted by molar-refractivity contribution is 0.767. The quantitative estimate of drug-likeness (QED) is 0.421. The fourth-order valence-electron chi connectivity index (χ4n) is 4.25. The lowest BCUT2D eigenvalue weighted by atomic mass is 10.0. The summed E-state index contributed by atoms with van der Waals surface area (Å²) in [6, 6.07) is 18.0. The zero-order valence-corrected chi connectivity index (χ0v) is 20.9. The van der Waals surface area contributed by atoms with Crippen LogP contribution in [0.15, 0.2) is 61.3 Å². The third-order valence-corrected chi connectivity index (χ3v) is 6.36. The molecule has 1 saturated heterocycles. The largest absolute Gasteiger partial charge is 0.394 e. The Bertz CT molecular complexity index is 1020. The number of nitrogens with one attached hydrogen (secondary N) is 1. The predicted octanol–water partition coefficient (Wildman–Crippen LogP) is 6.65. The SMILES string of the molecule is C=CNC.CCCCN(C)c1ccc(-c2cc(N3CCCC3)c3ccc(CC)cc3n2)cc1. The highest BCUT2D eigenvalue weighted by atomic mass is 15.1. The average molecular weight is 445 g/mol. The number of hydrogen-bond donors (Lipinski definition) is 1. The Morgan fingerprint density at radius 1 is 1.06 bits per heavy atom. The first-order valence-corrected chi connectivity index (χ1v) is 12.4. The Kier molecular flexibility index (Phi) is 9.17. The van der Waals surface area contributed by atoms with E-state index in [2.05, 4.69) is 91.1 Å². The van der Waals surface area contributed by atoms with Crippen LogP contribution in [0, 0.1) is 0 Å². The van der Waals surface area contributed by atoms with Gasteiger partial charge in [-0.25, -0.2) is 4.98 Å². The maximum atomic E-state index is 5.07. The first-order valence-electron chi connectivity index (χ1n) is 12.4. The fourth-order valence-corrected chi connectivity index (χ4v) is 4.25. The summed E-state index contributed by atoms with van der Waals surface area (Å²) >= 11 is 0. The molecule has 1 N–H and O–H groups in total. The van der Waals surface area contributed by atoms with Crippen LogP contribution in [0.2, 0.25) is 0 Å². The standard InChI is InChI=1S/C26H33N3.C3H7N/c1-4-6-15-28(3)22-12-10-21(11-13-22)24-19-26(29-16-7-8-17-29)23-14-9-20(5-2)18-25(23)27-24;1-3-4-2/h9-14,18-19H,4-8,15-17H2,1-3H3;3-4H,1H2,2H3. The van der Waals surface area contributed by atoms with Gasteiger partial charge in [0.1, 0.15) is 0 Å². The normalized spacial score (nSPS) is 12.9. The zero-order chi connectivity index (χ0) is 23.6. The number of anilines is 2. The van der Waals surface area contributed by atoms with Crippen molar-refractivity contribution in [1.29, 1.82) is 0 Å². The molecule has 0 spiro atoms. The van der Waals surface area contributed by atoms with Crippen molar-refractivity contribution in [3.8, 4) is 11.3 Å². The molecule has 0 bridgehead atoms. The molecule has 4 heteroatoms. The molecule has 0 aliphatic carbocycles. The third kappa shape index (κ3) is 6.28. The number of aryl methyl sites for hydroxylation is 1. The maximum Gasteiger partial charge on any atom is 0.0733 e. The predicted molar refractivity (Wildman–Crippen MR) is 145 cm³/mol. The second kappa shape index (κ2) is 12.3. The molecule has 2 heterocycles. The molecular weight excluding hydrogens is 404 g/mol. The van der Waals surface area contributed by atoms with Crippen molar-refractivity contribution in [2.75, 3.05) is 43.5 Å². The molecule has 1 aromatic heterocycles. The molecule has 3 aromatic rings. The van der Waals surface area contributed by atoms with Gasteiger partial charge in [-0.3, -0.25) is 0 Å². The molecule has 4 rings (SSSR count). The minimum absolute atomic E-state index is 1.04. The summed E-state index contributed by atoms with van der Waals surface area (Å²) in [5, 5.41) is 3.98. The highest BCUT2D eigenvalue weighted by Crippen LogP contribution is 2.34. The van der Waals surface area contributed by atoms with Gasteiger partial charge in [0.25, 0.3) is 0 Å². The first-order chi connectivity index (χ1) is 16.1. The van der Waals surface area contributed by atoms with E-state index in [0.29, 0.717) is 0 Å². The van der Waals surface area contributed by atoms with Crippen LogP contribution in [0.3, 0.4) is 0 Å². The van der Waals surface area contributed by atoms with E-state index in [1.54, 1.807) is 6.20 Å². The van der Waals surface area contributed by atoms with E-state index < -0.39 is 0 Å². The fraction of sp³-hybridized carbons (Fsp3) is 0.414. The van der Waals surface area contributed by atoms with Crippen LogP contribution in [0.5, 0.6) is 0 Å². The first kappa shape index (κ1) is 24.6. The minimum atomic E-state index is 1.04. The Balaban J connectivity index is 0.000000709. The van der Waals surface area contributed by atoms with Crippen molar-refractivity contribution >= 4 is 22.3 Å². The van der Waals surface area contributed by atoms with Gasteiger partial charge in [-0.2, -0.15) is 0 Å². The van der Waals surface area contributed by atoms with Gasteiger partial charge in [-0.05, 0) is 61.7 Å². The molecule has 2 aromatic carbocycles. The van der Waals surface area contributed by atoms with Crippen LogP contribution < -0.4 is 15.1 Å². The van der Waals surface area contributed by atoms with E-state index in [-0.39, 0.29) is 0 Å². The molecule has 0 unspecified atom stereocenters. The molecule has 176 valence electrons. The van der Waals surface area contributed by atoms with Crippen LogP contribution in [0.4, 0.5) is 11.4 Å². The van der Waals surface area contributed by atoms with Crippen molar-refractivity contribution in [2.45, 2.75) is 46.0 Å². The van der Waals surface area contributed by atoms with Crippen molar-refractivity contribution in [3.63, 3.8) is 0 Å². The van der Waals surface area contributed by atoms with Crippen molar-refractivity contribution < 1.29 is 0 Å². The van der Waals surface area contributed by atoms with E-state index in [0.717, 1.165) is 37.3 Å². The molecule has 1 fully saturated rings. The molecule has 0 amide bonds. The second-order valence-corrected chi connectivity index (χ2v) is 8.74. The molecule has 0 saturated carbocycles. The van der Waals surface area contributed by atoms with Crippen LogP contribution in [0.1, 0.15) is 45.1 Å². The number of hydrogen-bond acceptors (Lipinski definition) is 4. The molecule has 0 radical (unpaired) electrons. The summed E-state index contributed by atoms with van der Waals surface area (Å²) in [6.07, 6.45) is 7.68. The summed E-state index contributed by atoms with van der Waals surface area (Å²) in [7, 11) is 3.99. The third-order valence-electron chi connectivity index (χ3n) is 6.36. The van der Waals surface area contributed by atoms with Crippen molar-refractivity contribution in [1.82, 2.24) is 10.3 Å². The topological polar surface area (TPSA) is 31.4 Å². The Morgan fingerprint density at radius 2 is 1.76 bits per heavy atom. The Hall–Kier alpha value is -3.01. The van der Waals surface area contributed by atoms with Crippen LogP contribution in [-0.2, 0) is 6.42 Å². The molecule has 33 heavy (non-hydrogen) atoms. The maximum absolute atomic E-state index is 5.07. The monoisotopic (exact) mass is 444 g/mol. The van der Waals surface area contributed by atoms with E-state index >= 15 is 0 Å².